The molecule has 0 unspecified atom stereocenters. The number of rotatable bonds is 7. The van der Waals surface area contributed by atoms with Gasteiger partial charge in [-0.25, -0.2) is 0 Å². The van der Waals surface area contributed by atoms with Crippen molar-refractivity contribution in [1.29, 1.82) is 0 Å². The van der Waals surface area contributed by atoms with Crippen LogP contribution in [-0.4, -0.2) is 36.7 Å². The van der Waals surface area contributed by atoms with Gasteiger partial charge in [-0.3, -0.25) is 4.90 Å². The third-order valence-electron chi connectivity index (χ3n) is 3.97. The van der Waals surface area contributed by atoms with Crippen LogP contribution >= 0.6 is 15.9 Å². The second-order valence-electron chi connectivity index (χ2n) is 5.99. The highest BCUT2D eigenvalue weighted by Gasteiger charge is 2.22. The molecule has 1 heterocycles. The van der Waals surface area contributed by atoms with E-state index in [1.165, 1.54) is 31.5 Å². The van der Waals surface area contributed by atoms with E-state index in [0.717, 1.165) is 23.3 Å². The molecule has 1 N–H and O–H groups in total. The van der Waals surface area contributed by atoms with Crippen molar-refractivity contribution in [3.63, 3.8) is 0 Å². The number of nitrogens with zero attached hydrogens (tertiary/aromatic N) is 1. The summed E-state index contributed by atoms with van der Waals surface area (Å²) >= 11 is 3.59. The van der Waals surface area contributed by atoms with Crippen molar-refractivity contribution in [2.75, 3.05) is 19.6 Å². The molecule has 0 amide bonds. The molecule has 0 saturated carbocycles. The average Bonchev–Trinajstić information content (AvgIpc) is 2.89. The van der Waals surface area contributed by atoms with E-state index in [0.29, 0.717) is 6.04 Å². The van der Waals surface area contributed by atoms with Crippen molar-refractivity contribution in [1.82, 2.24) is 10.2 Å². The minimum absolute atomic E-state index is 0.202. The zero-order valence-corrected chi connectivity index (χ0v) is 14.9. The van der Waals surface area contributed by atoms with Gasteiger partial charge in [-0.1, -0.05) is 13.0 Å². The Hall–Kier alpha value is -0.580. The van der Waals surface area contributed by atoms with Gasteiger partial charge in [0.05, 0.1) is 10.6 Å². The first-order chi connectivity index (χ1) is 10.1. The maximum absolute atomic E-state index is 5.74. The van der Waals surface area contributed by atoms with Crippen LogP contribution in [0, 0.1) is 0 Å². The molecule has 0 radical (unpaired) electrons. The molecule has 21 heavy (non-hydrogen) atoms. The number of nitrogens with one attached hydrogen (secondary N) is 1. The zero-order valence-electron chi connectivity index (χ0n) is 13.4. The molecule has 0 spiro atoms. The van der Waals surface area contributed by atoms with E-state index < -0.39 is 0 Å². The lowest BCUT2D eigenvalue weighted by Gasteiger charge is -2.23. The lowest BCUT2D eigenvalue weighted by Crippen LogP contribution is -2.37. The van der Waals surface area contributed by atoms with Crippen LogP contribution in [0.2, 0.25) is 0 Å². The number of halogens is 1. The summed E-state index contributed by atoms with van der Waals surface area (Å²) in [5.74, 6) is 0.918. The summed E-state index contributed by atoms with van der Waals surface area (Å²) in [5, 5.41) is 3.59. The van der Waals surface area contributed by atoms with Gasteiger partial charge in [0.15, 0.2) is 0 Å². The minimum atomic E-state index is 0.202. The highest BCUT2D eigenvalue weighted by Crippen LogP contribution is 2.27. The van der Waals surface area contributed by atoms with Gasteiger partial charge in [0.25, 0.3) is 0 Å². The Morgan fingerprint density at radius 2 is 2.24 bits per heavy atom. The molecule has 1 aliphatic heterocycles. The fourth-order valence-electron chi connectivity index (χ4n) is 2.93. The molecule has 118 valence electrons. The molecule has 0 aliphatic carbocycles. The van der Waals surface area contributed by atoms with Crippen molar-refractivity contribution in [2.45, 2.75) is 52.3 Å². The monoisotopic (exact) mass is 354 g/mol. The summed E-state index contributed by atoms with van der Waals surface area (Å²) in [7, 11) is 0. The molecular weight excluding hydrogens is 328 g/mol. The van der Waals surface area contributed by atoms with Crippen LogP contribution in [0.3, 0.4) is 0 Å². The fraction of sp³-hybridized carbons (Fsp3) is 0.647. The van der Waals surface area contributed by atoms with Crippen molar-refractivity contribution in [2.24, 2.45) is 0 Å². The summed E-state index contributed by atoms with van der Waals surface area (Å²) in [6, 6.07) is 7.05. The van der Waals surface area contributed by atoms with Gasteiger partial charge in [0.1, 0.15) is 5.75 Å². The number of likely N-dealkylation sites (tertiary alicyclic amines) is 1. The molecule has 1 atom stereocenters. The first-order valence-corrected chi connectivity index (χ1v) is 8.79. The number of hydrogen-bond donors (Lipinski definition) is 1. The normalized spacial score (nSPS) is 19.4. The van der Waals surface area contributed by atoms with Crippen molar-refractivity contribution in [3.8, 4) is 5.75 Å². The molecule has 0 aromatic heterocycles. The standard InChI is InChI=1S/C17H27BrN2O/c1-4-20-9-5-6-15(20)12-19-11-14-7-8-17(16(18)10-14)21-13(2)3/h7-8,10,13,15,19H,4-6,9,11-12H2,1-3H3/t15-/m0/s1. The highest BCUT2D eigenvalue weighted by molar-refractivity contribution is 9.10. The van der Waals surface area contributed by atoms with Crippen LogP contribution in [0.25, 0.3) is 0 Å². The van der Waals surface area contributed by atoms with Crippen LogP contribution in [0.1, 0.15) is 39.2 Å². The number of benzene rings is 1. The highest BCUT2D eigenvalue weighted by atomic mass is 79.9. The van der Waals surface area contributed by atoms with Gasteiger partial charge < -0.3 is 10.1 Å². The van der Waals surface area contributed by atoms with Gasteiger partial charge in [0, 0.05) is 19.1 Å². The maximum Gasteiger partial charge on any atom is 0.133 e. The molecule has 1 fully saturated rings. The predicted molar refractivity (Wildman–Crippen MR) is 91.9 cm³/mol. The summed E-state index contributed by atoms with van der Waals surface area (Å²) in [4.78, 5) is 2.57. The Kier molecular flexibility index (Phi) is 6.52. The number of ether oxygens (including phenoxy) is 1. The predicted octanol–water partition coefficient (Wildman–Crippen LogP) is 3.81. The summed E-state index contributed by atoms with van der Waals surface area (Å²) in [5.41, 5.74) is 1.29. The minimum Gasteiger partial charge on any atom is -0.490 e. The van der Waals surface area contributed by atoms with E-state index in [-0.39, 0.29) is 6.10 Å². The topological polar surface area (TPSA) is 24.5 Å². The fourth-order valence-corrected chi connectivity index (χ4v) is 3.45. The van der Waals surface area contributed by atoms with E-state index in [1.807, 2.05) is 13.8 Å². The second kappa shape index (κ2) is 8.16. The van der Waals surface area contributed by atoms with E-state index in [9.17, 15) is 0 Å². The van der Waals surface area contributed by atoms with Crippen molar-refractivity contribution >= 4 is 15.9 Å². The largest absolute Gasteiger partial charge is 0.490 e. The molecular formula is C17H27BrN2O. The Morgan fingerprint density at radius 3 is 2.90 bits per heavy atom. The van der Waals surface area contributed by atoms with Gasteiger partial charge in [-0.15, -0.1) is 0 Å². The summed E-state index contributed by atoms with van der Waals surface area (Å²) < 4.78 is 6.77. The van der Waals surface area contributed by atoms with Crippen LogP contribution in [0.5, 0.6) is 5.75 Å². The Morgan fingerprint density at radius 1 is 1.43 bits per heavy atom. The number of hydrogen-bond acceptors (Lipinski definition) is 3. The smallest absolute Gasteiger partial charge is 0.133 e. The average molecular weight is 355 g/mol. The van der Waals surface area contributed by atoms with E-state index in [4.69, 9.17) is 4.74 Å². The van der Waals surface area contributed by atoms with Gasteiger partial charge >= 0.3 is 0 Å². The molecule has 3 nitrogen and oxygen atoms in total. The molecule has 0 bridgehead atoms. The van der Waals surface area contributed by atoms with Crippen LogP contribution in [0.15, 0.2) is 22.7 Å². The quantitative estimate of drug-likeness (QED) is 0.805. The van der Waals surface area contributed by atoms with E-state index in [2.05, 4.69) is 51.3 Å². The van der Waals surface area contributed by atoms with Gasteiger partial charge in [0.2, 0.25) is 0 Å². The Bertz CT molecular complexity index is 450. The first-order valence-electron chi connectivity index (χ1n) is 8.00. The van der Waals surface area contributed by atoms with Crippen molar-refractivity contribution < 1.29 is 4.74 Å². The van der Waals surface area contributed by atoms with Crippen LogP contribution < -0.4 is 10.1 Å². The zero-order chi connectivity index (χ0) is 15.2. The SMILES string of the molecule is CCN1CCC[C@H]1CNCc1ccc(OC(C)C)c(Br)c1. The lowest BCUT2D eigenvalue weighted by molar-refractivity contribution is 0.240. The van der Waals surface area contributed by atoms with E-state index in [1.54, 1.807) is 0 Å². The number of likely N-dealkylation sites (N-methyl/N-ethyl adjacent to an activating group) is 1. The maximum atomic E-state index is 5.74. The van der Waals surface area contributed by atoms with E-state index >= 15 is 0 Å². The molecule has 1 saturated heterocycles. The Balaban J connectivity index is 1.82. The molecule has 1 aromatic rings. The summed E-state index contributed by atoms with van der Waals surface area (Å²) in [6.45, 7) is 10.8. The molecule has 1 aliphatic rings. The van der Waals surface area contributed by atoms with Crippen LogP contribution in [0.4, 0.5) is 0 Å². The third-order valence-corrected chi connectivity index (χ3v) is 4.59. The molecule has 1 aromatic carbocycles. The summed E-state index contributed by atoms with van der Waals surface area (Å²) in [6.07, 6.45) is 2.87. The van der Waals surface area contributed by atoms with Gasteiger partial charge in [-0.05, 0) is 73.4 Å². The molecule has 2 rings (SSSR count). The van der Waals surface area contributed by atoms with Crippen LogP contribution in [-0.2, 0) is 6.54 Å². The molecule has 4 heteroatoms. The van der Waals surface area contributed by atoms with Crippen molar-refractivity contribution in [3.05, 3.63) is 28.2 Å². The van der Waals surface area contributed by atoms with Gasteiger partial charge in [-0.2, -0.15) is 0 Å². The second-order valence-corrected chi connectivity index (χ2v) is 6.84. The Labute approximate surface area is 137 Å². The third kappa shape index (κ3) is 4.97. The lowest BCUT2D eigenvalue weighted by atomic mass is 10.2. The first kappa shape index (κ1) is 16.8.